The van der Waals surface area contributed by atoms with Gasteiger partial charge in [0.15, 0.2) is 0 Å². The van der Waals surface area contributed by atoms with E-state index in [0.717, 1.165) is 12.8 Å². The van der Waals surface area contributed by atoms with Gasteiger partial charge >= 0.3 is 12.0 Å². The molecule has 1 unspecified atom stereocenters. The van der Waals surface area contributed by atoms with Gasteiger partial charge in [-0.15, -0.1) is 0 Å². The Morgan fingerprint density at radius 2 is 2.00 bits per heavy atom. The third-order valence-corrected chi connectivity index (χ3v) is 2.22. The molecule has 15 heavy (non-hydrogen) atoms. The summed E-state index contributed by atoms with van der Waals surface area (Å²) in [5, 5.41) is 14.0. The molecule has 1 saturated carbocycles. The predicted octanol–water partition coefficient (Wildman–Crippen LogP) is 0.947. The summed E-state index contributed by atoms with van der Waals surface area (Å²) in [6, 6.07) is -0.909. The van der Waals surface area contributed by atoms with E-state index in [9.17, 15) is 9.59 Å². The molecule has 0 aromatic heterocycles. The summed E-state index contributed by atoms with van der Waals surface area (Å²) in [5.74, 6) is -0.734. The van der Waals surface area contributed by atoms with E-state index in [0.29, 0.717) is 6.42 Å². The molecule has 0 aromatic rings. The first-order valence-corrected chi connectivity index (χ1v) is 5.29. The Kier molecular flexibility index (Phi) is 3.94. The molecule has 0 aliphatic heterocycles. The second-order valence-electron chi connectivity index (χ2n) is 4.41. The van der Waals surface area contributed by atoms with Crippen LogP contribution in [0.15, 0.2) is 0 Å². The summed E-state index contributed by atoms with van der Waals surface area (Å²) in [7, 11) is 0. The van der Waals surface area contributed by atoms with Crippen molar-refractivity contribution in [1.29, 1.82) is 0 Å². The number of carbonyl (C=O) groups is 2. The van der Waals surface area contributed by atoms with E-state index in [1.165, 1.54) is 0 Å². The molecule has 2 amide bonds. The first-order valence-electron chi connectivity index (χ1n) is 5.29. The molecule has 86 valence electrons. The second kappa shape index (κ2) is 5.00. The van der Waals surface area contributed by atoms with Gasteiger partial charge in [-0.05, 0) is 25.2 Å². The SMILES string of the molecule is CC(C)CC(NC(=O)NC1CC1)C(=O)O. The van der Waals surface area contributed by atoms with Crippen molar-refractivity contribution in [3.8, 4) is 0 Å². The van der Waals surface area contributed by atoms with Crippen molar-refractivity contribution in [2.75, 3.05) is 0 Å². The maximum Gasteiger partial charge on any atom is 0.326 e. The Bertz CT molecular complexity index is 249. The van der Waals surface area contributed by atoms with Gasteiger partial charge in [-0.2, -0.15) is 0 Å². The summed E-state index contributed by atoms with van der Waals surface area (Å²) in [5.41, 5.74) is 0. The van der Waals surface area contributed by atoms with Crippen molar-refractivity contribution >= 4 is 12.0 Å². The van der Waals surface area contributed by atoms with Gasteiger partial charge in [0.2, 0.25) is 0 Å². The summed E-state index contributed by atoms with van der Waals surface area (Å²) in [4.78, 5) is 22.1. The van der Waals surface area contributed by atoms with Crippen LogP contribution in [-0.4, -0.2) is 29.2 Å². The van der Waals surface area contributed by atoms with E-state index in [1.807, 2.05) is 13.8 Å². The number of carbonyl (C=O) groups excluding carboxylic acids is 1. The molecular formula is C10H18N2O3. The lowest BCUT2D eigenvalue weighted by atomic mass is 10.0. The zero-order valence-corrected chi connectivity index (χ0v) is 9.12. The maximum atomic E-state index is 11.3. The highest BCUT2D eigenvalue weighted by molar-refractivity contribution is 5.82. The minimum atomic E-state index is -0.977. The fourth-order valence-electron chi connectivity index (χ4n) is 1.31. The van der Waals surface area contributed by atoms with E-state index in [1.54, 1.807) is 0 Å². The zero-order chi connectivity index (χ0) is 11.4. The first kappa shape index (κ1) is 11.8. The highest BCUT2D eigenvalue weighted by Crippen LogP contribution is 2.18. The van der Waals surface area contributed by atoms with Gasteiger partial charge in [0, 0.05) is 6.04 Å². The average molecular weight is 214 g/mol. The number of urea groups is 1. The smallest absolute Gasteiger partial charge is 0.326 e. The lowest BCUT2D eigenvalue weighted by molar-refractivity contribution is -0.139. The van der Waals surface area contributed by atoms with Crippen molar-refractivity contribution < 1.29 is 14.7 Å². The van der Waals surface area contributed by atoms with E-state index >= 15 is 0 Å². The zero-order valence-electron chi connectivity index (χ0n) is 9.12. The van der Waals surface area contributed by atoms with Crippen LogP contribution in [0.3, 0.4) is 0 Å². The number of rotatable bonds is 5. The van der Waals surface area contributed by atoms with Crippen LogP contribution in [-0.2, 0) is 4.79 Å². The number of carboxylic acids is 1. The number of nitrogens with one attached hydrogen (secondary N) is 2. The molecule has 0 aromatic carbocycles. The first-order chi connectivity index (χ1) is 6.99. The number of hydrogen-bond donors (Lipinski definition) is 3. The summed E-state index contributed by atoms with van der Waals surface area (Å²) >= 11 is 0. The van der Waals surface area contributed by atoms with Crippen molar-refractivity contribution in [3.05, 3.63) is 0 Å². The van der Waals surface area contributed by atoms with Gasteiger partial charge in [0.25, 0.3) is 0 Å². The molecule has 0 spiro atoms. The van der Waals surface area contributed by atoms with Crippen LogP contribution in [0.5, 0.6) is 0 Å². The third-order valence-electron chi connectivity index (χ3n) is 2.22. The van der Waals surface area contributed by atoms with E-state index < -0.39 is 12.0 Å². The van der Waals surface area contributed by atoms with E-state index in [4.69, 9.17) is 5.11 Å². The van der Waals surface area contributed by atoms with E-state index in [-0.39, 0.29) is 18.0 Å². The van der Waals surface area contributed by atoms with Crippen LogP contribution in [0.2, 0.25) is 0 Å². The molecule has 0 bridgehead atoms. The number of amides is 2. The maximum absolute atomic E-state index is 11.3. The molecule has 1 aliphatic rings. The van der Waals surface area contributed by atoms with Crippen molar-refractivity contribution in [2.24, 2.45) is 5.92 Å². The summed E-state index contributed by atoms with van der Waals surface area (Å²) < 4.78 is 0. The topological polar surface area (TPSA) is 78.4 Å². The van der Waals surface area contributed by atoms with Crippen LogP contribution in [0.25, 0.3) is 0 Å². The molecule has 5 heteroatoms. The molecule has 1 fully saturated rings. The average Bonchev–Trinajstić information content (AvgIpc) is 2.85. The van der Waals surface area contributed by atoms with Gasteiger partial charge in [-0.3, -0.25) is 0 Å². The Hall–Kier alpha value is -1.26. The van der Waals surface area contributed by atoms with Crippen LogP contribution in [0.1, 0.15) is 33.1 Å². The quantitative estimate of drug-likeness (QED) is 0.637. The van der Waals surface area contributed by atoms with Crippen molar-refractivity contribution in [1.82, 2.24) is 10.6 Å². The predicted molar refractivity (Wildman–Crippen MR) is 55.6 cm³/mol. The van der Waals surface area contributed by atoms with Crippen LogP contribution in [0, 0.1) is 5.92 Å². The minimum Gasteiger partial charge on any atom is -0.480 e. The summed E-state index contributed by atoms with van der Waals surface area (Å²) in [6.45, 7) is 3.85. The molecule has 1 aliphatic carbocycles. The molecular weight excluding hydrogens is 196 g/mol. The van der Waals surface area contributed by atoms with Gasteiger partial charge < -0.3 is 15.7 Å². The van der Waals surface area contributed by atoms with Crippen molar-refractivity contribution in [2.45, 2.75) is 45.2 Å². The van der Waals surface area contributed by atoms with Gasteiger partial charge in [0.05, 0.1) is 0 Å². The molecule has 1 rings (SSSR count). The normalized spacial score (nSPS) is 17.3. The lowest BCUT2D eigenvalue weighted by Crippen LogP contribution is -2.47. The highest BCUT2D eigenvalue weighted by atomic mass is 16.4. The Labute approximate surface area is 89.2 Å². The second-order valence-corrected chi connectivity index (χ2v) is 4.41. The van der Waals surface area contributed by atoms with E-state index in [2.05, 4.69) is 10.6 Å². The highest BCUT2D eigenvalue weighted by Gasteiger charge is 2.26. The van der Waals surface area contributed by atoms with Crippen LogP contribution >= 0.6 is 0 Å². The Balaban J connectivity index is 2.34. The molecule has 0 radical (unpaired) electrons. The fraction of sp³-hybridized carbons (Fsp3) is 0.800. The molecule has 1 atom stereocenters. The van der Waals surface area contributed by atoms with Gasteiger partial charge in [-0.25, -0.2) is 9.59 Å². The van der Waals surface area contributed by atoms with Gasteiger partial charge in [-0.1, -0.05) is 13.8 Å². The Morgan fingerprint density at radius 3 is 2.40 bits per heavy atom. The van der Waals surface area contributed by atoms with Crippen LogP contribution < -0.4 is 10.6 Å². The monoisotopic (exact) mass is 214 g/mol. The number of aliphatic carboxylic acids is 1. The van der Waals surface area contributed by atoms with Crippen molar-refractivity contribution in [3.63, 3.8) is 0 Å². The Morgan fingerprint density at radius 1 is 1.40 bits per heavy atom. The lowest BCUT2D eigenvalue weighted by Gasteiger charge is -2.16. The van der Waals surface area contributed by atoms with Gasteiger partial charge in [0.1, 0.15) is 6.04 Å². The third kappa shape index (κ3) is 4.67. The minimum absolute atomic E-state index is 0.243. The fourth-order valence-corrected chi connectivity index (χ4v) is 1.31. The molecule has 5 nitrogen and oxygen atoms in total. The molecule has 0 heterocycles. The summed E-state index contributed by atoms with van der Waals surface area (Å²) in [6.07, 6.45) is 2.44. The largest absolute Gasteiger partial charge is 0.480 e. The number of carboxylic acid groups (broad SMARTS) is 1. The number of hydrogen-bond acceptors (Lipinski definition) is 2. The van der Waals surface area contributed by atoms with Crippen LogP contribution in [0.4, 0.5) is 4.79 Å². The molecule has 0 saturated heterocycles. The standard InChI is InChI=1S/C10H18N2O3/c1-6(2)5-8(9(13)14)12-10(15)11-7-3-4-7/h6-8H,3-5H2,1-2H3,(H,13,14)(H2,11,12,15). The molecule has 3 N–H and O–H groups in total.